The highest BCUT2D eigenvalue weighted by molar-refractivity contribution is 5.96. The molecule has 0 radical (unpaired) electrons. The molecule has 2 amide bonds. The molecule has 0 bridgehead atoms. The van der Waals surface area contributed by atoms with Crippen LogP contribution in [0.25, 0.3) is 0 Å². The molecule has 0 saturated carbocycles. The summed E-state index contributed by atoms with van der Waals surface area (Å²) in [6, 6.07) is 2.62. The Morgan fingerprint density at radius 1 is 1.18 bits per heavy atom. The molecule has 5 atom stereocenters. The van der Waals surface area contributed by atoms with E-state index in [0.717, 1.165) is 44.9 Å². The molecule has 1 aromatic rings. The zero-order chi connectivity index (χ0) is 28.6. The molecule has 3 aliphatic rings. The Bertz CT molecular complexity index is 1050. The number of unbranched alkanes of at least 4 members (excludes halogenated alkanes) is 4. The molecule has 222 valence electrons. The van der Waals surface area contributed by atoms with Crippen LogP contribution in [0.3, 0.4) is 0 Å². The number of aliphatic hydroxyl groups is 3. The summed E-state index contributed by atoms with van der Waals surface area (Å²) in [6.07, 6.45) is 6.69. The molecule has 1 aliphatic carbocycles. The van der Waals surface area contributed by atoms with E-state index in [1.165, 1.54) is 7.11 Å². The summed E-state index contributed by atoms with van der Waals surface area (Å²) in [5.41, 5.74) is 1.56. The maximum Gasteiger partial charge on any atom is 0.247 e. The largest absolute Gasteiger partial charge is 0.493 e. The maximum atomic E-state index is 13.7. The van der Waals surface area contributed by atoms with Gasteiger partial charge in [-0.1, -0.05) is 32.6 Å². The second-order valence-electron chi connectivity index (χ2n) is 10.9. The lowest BCUT2D eigenvalue weighted by molar-refractivity contribution is -0.139. The predicted molar refractivity (Wildman–Crippen MR) is 148 cm³/mol. The quantitative estimate of drug-likeness (QED) is 0.254. The van der Waals surface area contributed by atoms with Crippen LogP contribution in [0.2, 0.25) is 0 Å². The summed E-state index contributed by atoms with van der Waals surface area (Å²) < 4.78 is 17.7. The fourth-order valence-electron chi connectivity index (χ4n) is 6.04. The fraction of sp³-hybridized carbons (Fsp3) is 0.667. The van der Waals surface area contributed by atoms with Gasteiger partial charge in [0.05, 0.1) is 38.4 Å². The second-order valence-corrected chi connectivity index (χ2v) is 10.9. The van der Waals surface area contributed by atoms with Gasteiger partial charge in [-0.15, -0.1) is 0 Å². The first kappa shape index (κ1) is 30.3. The van der Waals surface area contributed by atoms with Crippen LogP contribution in [-0.4, -0.2) is 89.8 Å². The zero-order valence-electron chi connectivity index (χ0n) is 23.6. The lowest BCUT2D eigenvalue weighted by Gasteiger charge is -2.41. The van der Waals surface area contributed by atoms with Crippen molar-refractivity contribution in [1.29, 1.82) is 0 Å². The van der Waals surface area contributed by atoms with Crippen molar-refractivity contribution in [2.24, 2.45) is 0 Å². The molecule has 0 spiro atoms. The third kappa shape index (κ3) is 6.62. The van der Waals surface area contributed by atoms with Crippen LogP contribution >= 0.6 is 0 Å². The number of fused-ring (bicyclic) bond motifs is 3. The second kappa shape index (κ2) is 14.3. The Morgan fingerprint density at radius 2 is 1.98 bits per heavy atom. The number of nitrogens with one attached hydrogen (secondary N) is 1. The van der Waals surface area contributed by atoms with E-state index >= 15 is 0 Å². The molecule has 1 aromatic carbocycles. The van der Waals surface area contributed by atoms with E-state index in [9.17, 15) is 24.9 Å². The third-order valence-corrected chi connectivity index (χ3v) is 8.09. The number of methoxy groups -OCH3 is 1. The number of rotatable bonds is 14. The van der Waals surface area contributed by atoms with Crippen molar-refractivity contribution in [3.05, 3.63) is 34.9 Å². The van der Waals surface area contributed by atoms with Crippen molar-refractivity contribution in [2.75, 3.05) is 33.4 Å². The van der Waals surface area contributed by atoms with Gasteiger partial charge in [-0.05, 0) is 43.0 Å². The van der Waals surface area contributed by atoms with Crippen molar-refractivity contribution < 1.29 is 39.1 Å². The van der Waals surface area contributed by atoms with Crippen LogP contribution in [0.4, 0.5) is 0 Å². The van der Waals surface area contributed by atoms with E-state index in [1.54, 1.807) is 23.1 Å². The van der Waals surface area contributed by atoms with Gasteiger partial charge in [0.25, 0.3) is 0 Å². The van der Waals surface area contributed by atoms with Crippen LogP contribution in [-0.2, 0) is 20.9 Å². The van der Waals surface area contributed by atoms with Crippen LogP contribution in [0.1, 0.15) is 75.3 Å². The van der Waals surface area contributed by atoms with E-state index < -0.39 is 30.1 Å². The molecule has 4 N–H and O–H groups in total. The number of amides is 2. The first-order chi connectivity index (χ1) is 19.4. The number of hydrogen-bond acceptors (Lipinski definition) is 8. The SMILES string of the molecule is CCCCCCCC(=O)N(C[C@@H]1CCCO1)[C@@H]1C=C(C(=O)NCCO)[C@@H]2c3cc(CO)cc(OC)c3O[C@@H]2[C@H]1O. The summed E-state index contributed by atoms with van der Waals surface area (Å²) in [6.45, 7) is 2.71. The standard InChI is InChI=1S/C30H44N2O8/c1-3-4-5-6-7-10-25(35)32(17-20-9-8-13-39-20)23-16-22(30(37)31-11-12-33)26-21-14-19(18-34)15-24(38-2)28(21)40-29(26)27(23)36/h14-16,20,23,26-27,29,33-34,36H,3-13,17-18H2,1-2H3,(H,31,37)/t20-,23+,26-,27-,29-/m0/s1. The number of carbonyl (C=O) groups excluding carboxylic acids is 2. The van der Waals surface area contributed by atoms with Gasteiger partial charge >= 0.3 is 0 Å². The van der Waals surface area contributed by atoms with E-state index in [0.29, 0.717) is 47.8 Å². The third-order valence-electron chi connectivity index (χ3n) is 8.09. The monoisotopic (exact) mass is 560 g/mol. The number of benzene rings is 1. The Labute approximate surface area is 236 Å². The van der Waals surface area contributed by atoms with E-state index in [1.807, 2.05) is 0 Å². The predicted octanol–water partition coefficient (Wildman–Crippen LogP) is 2.18. The minimum Gasteiger partial charge on any atom is -0.493 e. The van der Waals surface area contributed by atoms with Gasteiger partial charge in [0.15, 0.2) is 11.5 Å². The molecule has 0 unspecified atom stereocenters. The van der Waals surface area contributed by atoms with Crippen molar-refractivity contribution in [2.45, 2.75) is 95.2 Å². The lowest BCUT2D eigenvalue weighted by Crippen LogP contribution is -2.57. The highest BCUT2D eigenvalue weighted by Crippen LogP contribution is 2.51. The molecule has 1 saturated heterocycles. The average molecular weight is 561 g/mol. The number of carbonyl (C=O) groups is 2. The molecule has 4 rings (SSSR count). The van der Waals surface area contributed by atoms with Crippen LogP contribution < -0.4 is 14.8 Å². The Hall–Kier alpha value is -2.66. The summed E-state index contributed by atoms with van der Waals surface area (Å²) >= 11 is 0. The first-order valence-corrected chi connectivity index (χ1v) is 14.6. The molecule has 2 aliphatic heterocycles. The smallest absolute Gasteiger partial charge is 0.247 e. The highest BCUT2D eigenvalue weighted by atomic mass is 16.5. The van der Waals surface area contributed by atoms with Crippen molar-refractivity contribution >= 4 is 11.8 Å². The summed E-state index contributed by atoms with van der Waals surface area (Å²) in [5, 5.41) is 33.6. The molecular weight excluding hydrogens is 516 g/mol. The fourth-order valence-corrected chi connectivity index (χ4v) is 6.04. The van der Waals surface area contributed by atoms with Crippen LogP contribution in [0.5, 0.6) is 11.5 Å². The normalized spacial score (nSPS) is 25.0. The average Bonchev–Trinajstić information content (AvgIpc) is 3.62. The van der Waals surface area contributed by atoms with E-state index in [-0.39, 0.29) is 31.8 Å². The minimum atomic E-state index is -1.13. The van der Waals surface area contributed by atoms with Gasteiger partial charge < -0.3 is 39.7 Å². The minimum absolute atomic E-state index is 0.0603. The van der Waals surface area contributed by atoms with Gasteiger partial charge in [-0.25, -0.2) is 0 Å². The van der Waals surface area contributed by atoms with Crippen molar-refractivity contribution in [3.63, 3.8) is 0 Å². The lowest BCUT2D eigenvalue weighted by atomic mass is 9.77. The molecule has 1 fully saturated rings. The van der Waals surface area contributed by atoms with Gasteiger partial charge in [0, 0.05) is 37.3 Å². The number of hydrogen-bond donors (Lipinski definition) is 4. The molecule has 10 heteroatoms. The Balaban J connectivity index is 1.70. The van der Waals surface area contributed by atoms with Gasteiger partial charge in [0.1, 0.15) is 12.2 Å². The van der Waals surface area contributed by atoms with Gasteiger partial charge in [-0.3, -0.25) is 9.59 Å². The number of ether oxygens (including phenoxy) is 3. The number of nitrogens with zero attached hydrogens (tertiary/aromatic N) is 1. The van der Waals surface area contributed by atoms with Gasteiger partial charge in [-0.2, -0.15) is 0 Å². The molecule has 40 heavy (non-hydrogen) atoms. The van der Waals surface area contributed by atoms with Gasteiger partial charge in [0.2, 0.25) is 11.8 Å². The summed E-state index contributed by atoms with van der Waals surface area (Å²) in [4.78, 5) is 28.8. The highest BCUT2D eigenvalue weighted by Gasteiger charge is 2.51. The maximum absolute atomic E-state index is 13.7. The Kier molecular flexibility index (Phi) is 10.8. The molecular formula is C30H44N2O8. The molecule has 2 heterocycles. The topological polar surface area (TPSA) is 138 Å². The van der Waals surface area contributed by atoms with E-state index in [2.05, 4.69) is 12.2 Å². The number of aliphatic hydroxyl groups excluding tert-OH is 3. The Morgan fingerprint density at radius 3 is 2.65 bits per heavy atom. The van der Waals surface area contributed by atoms with Crippen LogP contribution in [0.15, 0.2) is 23.8 Å². The molecule has 0 aromatic heterocycles. The first-order valence-electron chi connectivity index (χ1n) is 14.6. The zero-order valence-corrected chi connectivity index (χ0v) is 23.6. The summed E-state index contributed by atoms with van der Waals surface area (Å²) in [5.74, 6) is -0.335. The van der Waals surface area contributed by atoms with E-state index in [4.69, 9.17) is 14.2 Å². The van der Waals surface area contributed by atoms with Crippen LogP contribution in [0, 0.1) is 0 Å². The molecule has 10 nitrogen and oxygen atoms in total. The van der Waals surface area contributed by atoms with Crippen molar-refractivity contribution in [3.8, 4) is 11.5 Å². The van der Waals surface area contributed by atoms with Crippen molar-refractivity contribution in [1.82, 2.24) is 10.2 Å². The summed E-state index contributed by atoms with van der Waals surface area (Å²) in [7, 11) is 1.49.